The van der Waals surface area contributed by atoms with E-state index < -0.39 is 0 Å². The van der Waals surface area contributed by atoms with Gasteiger partial charge in [0.2, 0.25) is 5.91 Å². The lowest BCUT2D eigenvalue weighted by Crippen LogP contribution is -2.40. The van der Waals surface area contributed by atoms with Gasteiger partial charge in [0.25, 0.3) is 0 Å². The molecular formula is C10H18BrNO. The normalized spacial score (nSPS) is 30.3. The van der Waals surface area contributed by atoms with Crippen LogP contribution in [0.25, 0.3) is 0 Å². The van der Waals surface area contributed by atoms with E-state index in [1.807, 2.05) is 0 Å². The molecule has 0 spiro atoms. The van der Waals surface area contributed by atoms with Crippen LogP contribution < -0.4 is 5.32 Å². The fourth-order valence-corrected chi connectivity index (χ4v) is 2.58. The van der Waals surface area contributed by atoms with Gasteiger partial charge in [-0.2, -0.15) is 0 Å². The molecule has 76 valence electrons. The summed E-state index contributed by atoms with van der Waals surface area (Å²) in [5.74, 6) is 0.0926. The van der Waals surface area contributed by atoms with E-state index in [0.29, 0.717) is 10.9 Å². The summed E-state index contributed by atoms with van der Waals surface area (Å²) in [5, 5.41) is 3.01. The molecule has 0 heterocycles. The maximum atomic E-state index is 10.9. The zero-order chi connectivity index (χ0) is 9.68. The average molecular weight is 248 g/mol. The molecule has 0 aromatic rings. The van der Waals surface area contributed by atoms with Gasteiger partial charge in [0, 0.05) is 17.8 Å². The highest BCUT2D eigenvalue weighted by molar-refractivity contribution is 9.09. The molecule has 2 nitrogen and oxygen atoms in total. The molecule has 1 N–H and O–H groups in total. The van der Waals surface area contributed by atoms with E-state index in [0.717, 1.165) is 6.42 Å². The van der Waals surface area contributed by atoms with Crippen LogP contribution in [0.15, 0.2) is 0 Å². The maximum absolute atomic E-state index is 10.9. The second-order valence-electron chi connectivity index (χ2n) is 3.81. The van der Waals surface area contributed by atoms with Gasteiger partial charge >= 0.3 is 0 Å². The number of amides is 1. The highest BCUT2D eigenvalue weighted by Crippen LogP contribution is 2.22. The Balaban J connectivity index is 2.41. The van der Waals surface area contributed by atoms with E-state index in [1.165, 1.54) is 32.1 Å². The molecule has 0 unspecified atom stereocenters. The quantitative estimate of drug-likeness (QED) is 0.710. The zero-order valence-corrected chi connectivity index (χ0v) is 9.77. The van der Waals surface area contributed by atoms with Gasteiger partial charge in [0.15, 0.2) is 0 Å². The van der Waals surface area contributed by atoms with Gasteiger partial charge in [0.05, 0.1) is 0 Å². The number of carbonyl (C=O) groups excluding carboxylic acids is 1. The summed E-state index contributed by atoms with van der Waals surface area (Å²) in [6.07, 6.45) is 7.49. The predicted molar refractivity (Wildman–Crippen MR) is 58.0 cm³/mol. The SMILES string of the molecule is CC(=O)N[C@@H]1CCCCCC[C@H]1Br. The van der Waals surface area contributed by atoms with Crippen LogP contribution in [0.1, 0.15) is 45.4 Å². The summed E-state index contributed by atoms with van der Waals surface area (Å²) in [5.41, 5.74) is 0. The minimum atomic E-state index is 0.0926. The molecule has 0 aromatic carbocycles. The van der Waals surface area contributed by atoms with E-state index in [-0.39, 0.29) is 5.91 Å². The van der Waals surface area contributed by atoms with Crippen molar-refractivity contribution in [2.75, 3.05) is 0 Å². The van der Waals surface area contributed by atoms with Crippen molar-refractivity contribution in [3.05, 3.63) is 0 Å². The van der Waals surface area contributed by atoms with E-state index in [1.54, 1.807) is 6.92 Å². The third-order valence-electron chi connectivity index (χ3n) is 2.57. The van der Waals surface area contributed by atoms with Gasteiger partial charge in [0.1, 0.15) is 0 Å². The first-order valence-electron chi connectivity index (χ1n) is 5.11. The molecule has 1 amide bonds. The van der Waals surface area contributed by atoms with Gasteiger partial charge < -0.3 is 5.32 Å². The molecule has 1 aliphatic rings. The largest absolute Gasteiger partial charge is 0.352 e. The lowest BCUT2D eigenvalue weighted by Gasteiger charge is -2.25. The van der Waals surface area contributed by atoms with Crippen LogP contribution >= 0.6 is 15.9 Å². The summed E-state index contributed by atoms with van der Waals surface area (Å²) in [4.78, 5) is 11.4. The van der Waals surface area contributed by atoms with E-state index in [4.69, 9.17) is 0 Å². The molecular weight excluding hydrogens is 230 g/mol. The van der Waals surface area contributed by atoms with Crippen molar-refractivity contribution in [3.63, 3.8) is 0 Å². The van der Waals surface area contributed by atoms with Crippen molar-refractivity contribution in [2.45, 2.75) is 56.3 Å². The molecule has 13 heavy (non-hydrogen) atoms. The van der Waals surface area contributed by atoms with Crippen LogP contribution in [0.5, 0.6) is 0 Å². The van der Waals surface area contributed by atoms with Crippen molar-refractivity contribution >= 4 is 21.8 Å². The molecule has 0 bridgehead atoms. The Morgan fingerprint density at radius 2 is 1.85 bits per heavy atom. The molecule has 1 saturated carbocycles. The number of hydrogen-bond acceptors (Lipinski definition) is 1. The Morgan fingerprint density at radius 1 is 1.23 bits per heavy atom. The third-order valence-corrected chi connectivity index (χ3v) is 3.67. The van der Waals surface area contributed by atoms with Crippen molar-refractivity contribution in [3.8, 4) is 0 Å². The van der Waals surface area contributed by atoms with Crippen molar-refractivity contribution in [2.24, 2.45) is 0 Å². The highest BCUT2D eigenvalue weighted by Gasteiger charge is 2.20. The summed E-state index contributed by atoms with van der Waals surface area (Å²) in [6, 6.07) is 0.345. The standard InChI is InChI=1S/C10H18BrNO/c1-8(13)12-10-7-5-3-2-4-6-9(10)11/h9-10H,2-7H2,1H3,(H,12,13)/t9-,10-/m1/s1. The summed E-state index contributed by atoms with van der Waals surface area (Å²) >= 11 is 3.65. The lowest BCUT2D eigenvalue weighted by molar-refractivity contribution is -0.119. The molecule has 0 saturated heterocycles. The fraction of sp³-hybridized carbons (Fsp3) is 0.900. The number of carbonyl (C=O) groups is 1. The van der Waals surface area contributed by atoms with E-state index >= 15 is 0 Å². The molecule has 0 aromatic heterocycles. The highest BCUT2D eigenvalue weighted by atomic mass is 79.9. The smallest absolute Gasteiger partial charge is 0.217 e. The Bertz CT molecular complexity index is 172. The Kier molecular flexibility index (Phi) is 4.78. The van der Waals surface area contributed by atoms with Crippen molar-refractivity contribution in [1.29, 1.82) is 0 Å². The molecule has 1 rings (SSSR count). The first-order chi connectivity index (χ1) is 6.20. The average Bonchev–Trinajstić information content (AvgIpc) is 2.04. The minimum Gasteiger partial charge on any atom is -0.352 e. The lowest BCUT2D eigenvalue weighted by atomic mass is 9.96. The van der Waals surface area contributed by atoms with Crippen LogP contribution in [0.4, 0.5) is 0 Å². The minimum absolute atomic E-state index is 0.0926. The number of rotatable bonds is 1. The number of halogens is 1. The predicted octanol–water partition coefficient (Wildman–Crippen LogP) is 2.61. The topological polar surface area (TPSA) is 29.1 Å². The first kappa shape index (κ1) is 11.0. The van der Waals surface area contributed by atoms with Gasteiger partial charge in [-0.1, -0.05) is 41.6 Å². The molecule has 0 aliphatic heterocycles. The summed E-state index contributed by atoms with van der Waals surface area (Å²) < 4.78 is 0. The van der Waals surface area contributed by atoms with Gasteiger partial charge in [-0.05, 0) is 12.8 Å². The summed E-state index contributed by atoms with van der Waals surface area (Å²) in [7, 11) is 0. The van der Waals surface area contributed by atoms with Crippen LogP contribution in [-0.4, -0.2) is 16.8 Å². The van der Waals surface area contributed by atoms with Gasteiger partial charge in [-0.15, -0.1) is 0 Å². The fourth-order valence-electron chi connectivity index (χ4n) is 1.86. The van der Waals surface area contributed by atoms with Crippen LogP contribution in [0.2, 0.25) is 0 Å². The number of hydrogen-bond donors (Lipinski definition) is 1. The number of alkyl halides is 1. The second-order valence-corrected chi connectivity index (χ2v) is 4.99. The van der Waals surface area contributed by atoms with E-state index in [9.17, 15) is 4.79 Å². The van der Waals surface area contributed by atoms with Gasteiger partial charge in [-0.25, -0.2) is 0 Å². The van der Waals surface area contributed by atoms with Crippen LogP contribution in [0.3, 0.4) is 0 Å². The zero-order valence-electron chi connectivity index (χ0n) is 8.18. The second kappa shape index (κ2) is 5.63. The van der Waals surface area contributed by atoms with Crippen molar-refractivity contribution in [1.82, 2.24) is 5.32 Å². The molecule has 3 heteroatoms. The number of nitrogens with one attached hydrogen (secondary N) is 1. The maximum Gasteiger partial charge on any atom is 0.217 e. The van der Waals surface area contributed by atoms with Crippen molar-refractivity contribution < 1.29 is 4.79 Å². The molecule has 1 fully saturated rings. The molecule has 1 aliphatic carbocycles. The Hall–Kier alpha value is -0.0500. The van der Waals surface area contributed by atoms with Crippen LogP contribution in [0, 0.1) is 0 Å². The first-order valence-corrected chi connectivity index (χ1v) is 6.03. The third kappa shape index (κ3) is 4.12. The molecule has 0 radical (unpaired) electrons. The molecule has 2 atom stereocenters. The summed E-state index contributed by atoms with van der Waals surface area (Å²) in [6.45, 7) is 1.60. The van der Waals surface area contributed by atoms with Gasteiger partial charge in [-0.3, -0.25) is 4.79 Å². The van der Waals surface area contributed by atoms with E-state index in [2.05, 4.69) is 21.2 Å². The van der Waals surface area contributed by atoms with Crippen LogP contribution in [-0.2, 0) is 4.79 Å². The Labute approximate surface area is 88.6 Å². The Morgan fingerprint density at radius 3 is 2.46 bits per heavy atom. The monoisotopic (exact) mass is 247 g/mol.